The number of amides is 1. The molecule has 0 unspecified atom stereocenters. The summed E-state index contributed by atoms with van der Waals surface area (Å²) in [6.45, 7) is 2.14. The summed E-state index contributed by atoms with van der Waals surface area (Å²) >= 11 is 7.07. The number of nitrogens with one attached hydrogen (secondary N) is 1. The number of benzene rings is 2. The molecule has 3 aromatic rings. The minimum Gasteiger partial charge on any atom is -0.347 e. The normalized spacial score (nSPS) is 15.5. The first-order chi connectivity index (χ1) is 16.3. The molecule has 1 N–H and O–H groups in total. The maximum atomic E-state index is 13.2. The van der Waals surface area contributed by atoms with Crippen LogP contribution in [0.1, 0.15) is 33.6 Å². The van der Waals surface area contributed by atoms with Gasteiger partial charge in [-0.2, -0.15) is 4.31 Å². The number of hydrogen-bond donors (Lipinski definition) is 1. The standard InChI is InChI=1S/C25H28ClN3O3S2/c1-28(18-19-5-3-2-4-6-19)22-13-15-29(16-14-22)34(31,32)24-12-11-23(33-24)17-27-25(30)20-7-9-21(26)10-8-20/h2-12,22H,13-18H2,1H3,(H,27,30). The van der Waals surface area contributed by atoms with Gasteiger partial charge < -0.3 is 5.32 Å². The van der Waals surface area contributed by atoms with Crippen molar-refractivity contribution in [1.82, 2.24) is 14.5 Å². The van der Waals surface area contributed by atoms with Crippen LogP contribution in [-0.2, 0) is 23.1 Å². The van der Waals surface area contributed by atoms with E-state index in [9.17, 15) is 13.2 Å². The second kappa shape index (κ2) is 11.0. The minimum atomic E-state index is -3.54. The zero-order valence-electron chi connectivity index (χ0n) is 19.0. The SMILES string of the molecule is CN(Cc1ccccc1)C1CCN(S(=O)(=O)c2ccc(CNC(=O)c3ccc(Cl)cc3)s2)CC1. The lowest BCUT2D eigenvalue weighted by molar-refractivity contribution is 0.0951. The van der Waals surface area contributed by atoms with E-state index < -0.39 is 10.0 Å². The number of carbonyl (C=O) groups excluding carboxylic acids is 1. The Kier molecular flexibility index (Phi) is 8.06. The molecule has 9 heteroatoms. The summed E-state index contributed by atoms with van der Waals surface area (Å²) in [7, 11) is -1.44. The average molecular weight is 518 g/mol. The van der Waals surface area contributed by atoms with Gasteiger partial charge in [0.15, 0.2) is 0 Å². The Morgan fingerprint density at radius 3 is 2.41 bits per heavy atom. The molecule has 1 aromatic heterocycles. The highest BCUT2D eigenvalue weighted by Crippen LogP contribution is 2.28. The Morgan fingerprint density at radius 2 is 1.74 bits per heavy atom. The molecule has 4 rings (SSSR count). The van der Waals surface area contributed by atoms with Crippen molar-refractivity contribution >= 4 is 38.9 Å². The van der Waals surface area contributed by atoms with Crippen molar-refractivity contribution in [1.29, 1.82) is 0 Å². The van der Waals surface area contributed by atoms with Crippen molar-refractivity contribution in [2.45, 2.75) is 36.2 Å². The van der Waals surface area contributed by atoms with Crippen LogP contribution in [0.25, 0.3) is 0 Å². The number of halogens is 1. The smallest absolute Gasteiger partial charge is 0.252 e. The summed E-state index contributed by atoms with van der Waals surface area (Å²) in [5, 5.41) is 3.40. The Hall–Kier alpha value is -2.23. The Bertz CT molecular complexity index is 1210. The lowest BCUT2D eigenvalue weighted by Crippen LogP contribution is -2.45. The average Bonchev–Trinajstić information content (AvgIpc) is 3.34. The predicted octanol–water partition coefficient (Wildman–Crippen LogP) is 4.62. The molecular formula is C25H28ClN3O3S2. The summed E-state index contributed by atoms with van der Waals surface area (Å²) in [4.78, 5) is 15.4. The van der Waals surface area contributed by atoms with E-state index in [-0.39, 0.29) is 12.5 Å². The molecule has 1 saturated heterocycles. The Labute approximate surface area is 210 Å². The Morgan fingerprint density at radius 1 is 1.06 bits per heavy atom. The van der Waals surface area contributed by atoms with Crippen LogP contribution >= 0.6 is 22.9 Å². The highest BCUT2D eigenvalue weighted by Gasteiger charge is 2.31. The third-order valence-corrected chi connectivity index (χ3v) is 9.79. The fourth-order valence-corrected chi connectivity index (χ4v) is 7.16. The second-order valence-electron chi connectivity index (χ2n) is 8.45. The molecule has 0 bridgehead atoms. The molecule has 1 fully saturated rings. The van der Waals surface area contributed by atoms with Crippen LogP contribution < -0.4 is 5.32 Å². The molecule has 0 spiro atoms. The third kappa shape index (κ3) is 6.06. The number of rotatable bonds is 8. The van der Waals surface area contributed by atoms with Gasteiger partial charge in [-0.15, -0.1) is 11.3 Å². The van der Waals surface area contributed by atoms with Crippen molar-refractivity contribution in [3.8, 4) is 0 Å². The van der Waals surface area contributed by atoms with E-state index in [1.807, 2.05) is 18.2 Å². The summed E-state index contributed by atoms with van der Waals surface area (Å²) in [6.07, 6.45) is 1.61. The van der Waals surface area contributed by atoms with E-state index in [4.69, 9.17) is 11.6 Å². The van der Waals surface area contributed by atoms with Crippen LogP contribution in [0.5, 0.6) is 0 Å². The maximum absolute atomic E-state index is 13.2. The fraction of sp³-hybridized carbons (Fsp3) is 0.320. The Balaban J connectivity index is 1.30. The zero-order chi connectivity index (χ0) is 24.1. The van der Waals surface area contributed by atoms with E-state index >= 15 is 0 Å². The molecule has 0 saturated carbocycles. The summed E-state index contributed by atoms with van der Waals surface area (Å²) in [5.41, 5.74) is 1.77. The first kappa shape index (κ1) is 24.9. The fourth-order valence-electron chi connectivity index (χ4n) is 4.11. The van der Waals surface area contributed by atoms with Gasteiger partial charge in [-0.3, -0.25) is 9.69 Å². The summed E-state index contributed by atoms with van der Waals surface area (Å²) < 4.78 is 28.3. The van der Waals surface area contributed by atoms with Crippen LogP contribution in [0.15, 0.2) is 70.9 Å². The monoisotopic (exact) mass is 517 g/mol. The number of carbonyl (C=O) groups is 1. The molecule has 0 aliphatic carbocycles. The summed E-state index contributed by atoms with van der Waals surface area (Å²) in [5.74, 6) is -0.226. The highest BCUT2D eigenvalue weighted by molar-refractivity contribution is 7.91. The number of sulfonamides is 1. The van der Waals surface area contributed by atoms with E-state index in [0.717, 1.165) is 24.3 Å². The molecular weight excluding hydrogens is 490 g/mol. The molecule has 1 aliphatic rings. The van der Waals surface area contributed by atoms with Gasteiger partial charge in [-0.05, 0) is 61.9 Å². The van der Waals surface area contributed by atoms with Crippen LogP contribution in [0.2, 0.25) is 5.02 Å². The quantitative estimate of drug-likeness (QED) is 0.473. The van der Waals surface area contributed by atoms with Gasteiger partial charge >= 0.3 is 0 Å². The summed E-state index contributed by atoms with van der Waals surface area (Å²) in [6, 6.07) is 20.7. The van der Waals surface area contributed by atoms with Crippen molar-refractivity contribution in [3.63, 3.8) is 0 Å². The van der Waals surface area contributed by atoms with Gasteiger partial charge in [-0.25, -0.2) is 8.42 Å². The van der Waals surface area contributed by atoms with Gasteiger partial charge in [0, 0.05) is 41.1 Å². The molecule has 0 atom stereocenters. The van der Waals surface area contributed by atoms with Crippen molar-refractivity contribution in [2.24, 2.45) is 0 Å². The largest absolute Gasteiger partial charge is 0.347 e. The van der Waals surface area contributed by atoms with Crippen LogP contribution in [0, 0.1) is 0 Å². The number of piperidine rings is 1. The van der Waals surface area contributed by atoms with Gasteiger partial charge in [-0.1, -0.05) is 41.9 Å². The van der Waals surface area contributed by atoms with E-state index in [1.165, 1.54) is 16.9 Å². The number of hydrogen-bond acceptors (Lipinski definition) is 5. The molecule has 1 amide bonds. The van der Waals surface area contributed by atoms with Gasteiger partial charge in [0.25, 0.3) is 15.9 Å². The molecule has 6 nitrogen and oxygen atoms in total. The molecule has 180 valence electrons. The van der Waals surface area contributed by atoms with E-state index in [2.05, 4.69) is 29.4 Å². The first-order valence-corrected chi connectivity index (χ1v) is 13.8. The van der Waals surface area contributed by atoms with Gasteiger partial charge in [0.2, 0.25) is 0 Å². The molecule has 34 heavy (non-hydrogen) atoms. The maximum Gasteiger partial charge on any atom is 0.252 e. The lowest BCUT2D eigenvalue weighted by Gasteiger charge is -2.36. The minimum absolute atomic E-state index is 0.226. The number of thiophene rings is 1. The predicted molar refractivity (Wildman–Crippen MR) is 137 cm³/mol. The first-order valence-electron chi connectivity index (χ1n) is 11.2. The van der Waals surface area contributed by atoms with Crippen LogP contribution in [0.3, 0.4) is 0 Å². The van der Waals surface area contributed by atoms with Crippen LogP contribution in [0.4, 0.5) is 0 Å². The molecule has 0 radical (unpaired) electrons. The molecule has 2 heterocycles. The third-order valence-electron chi connectivity index (χ3n) is 6.08. The van der Waals surface area contributed by atoms with Gasteiger partial charge in [0.05, 0.1) is 6.54 Å². The van der Waals surface area contributed by atoms with E-state index in [1.54, 1.807) is 40.7 Å². The van der Waals surface area contributed by atoms with Crippen LogP contribution in [-0.4, -0.2) is 49.7 Å². The molecule has 2 aromatic carbocycles. The van der Waals surface area contributed by atoms with Gasteiger partial charge in [0.1, 0.15) is 4.21 Å². The topological polar surface area (TPSA) is 69.7 Å². The van der Waals surface area contributed by atoms with Crippen molar-refractivity contribution < 1.29 is 13.2 Å². The van der Waals surface area contributed by atoms with Crippen molar-refractivity contribution in [3.05, 3.63) is 87.8 Å². The van der Waals surface area contributed by atoms with E-state index in [0.29, 0.717) is 33.9 Å². The molecule has 1 aliphatic heterocycles. The highest BCUT2D eigenvalue weighted by atomic mass is 35.5. The van der Waals surface area contributed by atoms with Crippen molar-refractivity contribution in [2.75, 3.05) is 20.1 Å². The zero-order valence-corrected chi connectivity index (χ0v) is 21.4. The lowest BCUT2D eigenvalue weighted by atomic mass is 10.0. The number of nitrogens with zero attached hydrogens (tertiary/aromatic N) is 2. The second-order valence-corrected chi connectivity index (χ2v) is 12.2.